The second kappa shape index (κ2) is 4.06. The standard InChI is InChI=1S/C11H8N2O3S/c14-10(11-12-3-4-17-11)13-7-1-2-8-9(5-7)16-6-15-8/h1-5H,6H2,(H,13,14). The third-order valence-electron chi connectivity index (χ3n) is 2.26. The molecule has 1 N–H and O–H groups in total. The van der Waals surface area contributed by atoms with Crippen molar-refractivity contribution in [1.82, 2.24) is 4.98 Å². The maximum Gasteiger partial charge on any atom is 0.284 e. The zero-order chi connectivity index (χ0) is 11.7. The van der Waals surface area contributed by atoms with Crippen LogP contribution in [-0.4, -0.2) is 17.7 Å². The van der Waals surface area contributed by atoms with Crippen LogP contribution in [0.4, 0.5) is 5.69 Å². The largest absolute Gasteiger partial charge is 0.454 e. The van der Waals surface area contributed by atoms with E-state index >= 15 is 0 Å². The van der Waals surface area contributed by atoms with Crippen molar-refractivity contribution < 1.29 is 14.3 Å². The third kappa shape index (κ3) is 1.94. The summed E-state index contributed by atoms with van der Waals surface area (Å²) in [6.45, 7) is 0.221. The van der Waals surface area contributed by atoms with E-state index in [9.17, 15) is 4.79 Å². The smallest absolute Gasteiger partial charge is 0.284 e. The Labute approximate surface area is 101 Å². The number of carbonyl (C=O) groups is 1. The van der Waals surface area contributed by atoms with E-state index in [0.717, 1.165) is 0 Å². The SMILES string of the molecule is O=C(Nc1ccc2c(c1)OCO2)c1nccs1. The first kappa shape index (κ1) is 10.1. The molecular weight excluding hydrogens is 240 g/mol. The number of thiazole rings is 1. The molecule has 2 heterocycles. The molecule has 0 bridgehead atoms. The number of fused-ring (bicyclic) bond motifs is 1. The molecule has 0 unspecified atom stereocenters. The second-order valence-electron chi connectivity index (χ2n) is 3.36. The van der Waals surface area contributed by atoms with Crippen molar-refractivity contribution >= 4 is 22.9 Å². The Morgan fingerprint density at radius 2 is 2.24 bits per heavy atom. The second-order valence-corrected chi connectivity index (χ2v) is 4.25. The number of amides is 1. The molecule has 0 fully saturated rings. The Balaban J connectivity index is 1.80. The Morgan fingerprint density at radius 3 is 3.06 bits per heavy atom. The monoisotopic (exact) mass is 248 g/mol. The fraction of sp³-hybridized carbons (Fsp3) is 0.0909. The van der Waals surface area contributed by atoms with E-state index in [1.54, 1.807) is 29.8 Å². The molecule has 2 aromatic rings. The zero-order valence-electron chi connectivity index (χ0n) is 8.67. The Hall–Kier alpha value is -2.08. The summed E-state index contributed by atoms with van der Waals surface area (Å²) in [5.41, 5.74) is 0.662. The van der Waals surface area contributed by atoms with Gasteiger partial charge in [-0.3, -0.25) is 4.79 Å². The molecule has 1 aliphatic heterocycles. The van der Waals surface area contributed by atoms with E-state index < -0.39 is 0 Å². The lowest BCUT2D eigenvalue weighted by Crippen LogP contribution is -2.11. The van der Waals surface area contributed by atoms with Crippen LogP contribution in [0.3, 0.4) is 0 Å². The molecule has 0 spiro atoms. The molecular formula is C11H8N2O3S. The molecule has 3 rings (SSSR count). The van der Waals surface area contributed by atoms with Gasteiger partial charge in [-0.25, -0.2) is 4.98 Å². The molecule has 0 saturated heterocycles. The topological polar surface area (TPSA) is 60.5 Å². The number of nitrogens with zero attached hydrogens (tertiary/aromatic N) is 1. The third-order valence-corrected chi connectivity index (χ3v) is 3.03. The summed E-state index contributed by atoms with van der Waals surface area (Å²) in [7, 11) is 0. The lowest BCUT2D eigenvalue weighted by Gasteiger charge is -2.03. The minimum absolute atomic E-state index is 0.221. The summed E-state index contributed by atoms with van der Waals surface area (Å²) in [6, 6.07) is 5.26. The molecule has 1 amide bonds. The van der Waals surface area contributed by atoms with Gasteiger partial charge in [0.05, 0.1) is 0 Å². The van der Waals surface area contributed by atoms with Gasteiger partial charge in [-0.1, -0.05) is 0 Å². The molecule has 6 heteroatoms. The van der Waals surface area contributed by atoms with Crippen molar-refractivity contribution in [2.45, 2.75) is 0 Å². The molecule has 0 atom stereocenters. The van der Waals surface area contributed by atoms with Crippen LogP contribution in [0, 0.1) is 0 Å². The minimum Gasteiger partial charge on any atom is -0.454 e. The van der Waals surface area contributed by atoms with Gasteiger partial charge < -0.3 is 14.8 Å². The Bertz CT molecular complexity index is 554. The summed E-state index contributed by atoms with van der Waals surface area (Å²) >= 11 is 1.30. The number of aromatic nitrogens is 1. The van der Waals surface area contributed by atoms with Crippen LogP contribution in [0.2, 0.25) is 0 Å². The van der Waals surface area contributed by atoms with Crippen LogP contribution in [0.1, 0.15) is 9.80 Å². The van der Waals surface area contributed by atoms with Crippen LogP contribution in [-0.2, 0) is 0 Å². The van der Waals surface area contributed by atoms with Crippen molar-refractivity contribution in [3.05, 3.63) is 34.8 Å². The number of ether oxygens (including phenoxy) is 2. The fourth-order valence-electron chi connectivity index (χ4n) is 1.49. The van der Waals surface area contributed by atoms with Crippen molar-refractivity contribution in [2.24, 2.45) is 0 Å². The van der Waals surface area contributed by atoms with Crippen molar-refractivity contribution in [1.29, 1.82) is 0 Å². The number of rotatable bonds is 2. The summed E-state index contributed by atoms with van der Waals surface area (Å²) in [4.78, 5) is 15.7. The van der Waals surface area contributed by atoms with Gasteiger partial charge in [0.25, 0.3) is 5.91 Å². The Morgan fingerprint density at radius 1 is 1.35 bits per heavy atom. The lowest BCUT2D eigenvalue weighted by atomic mass is 10.3. The molecule has 0 radical (unpaired) electrons. The van der Waals surface area contributed by atoms with E-state index in [1.165, 1.54) is 11.3 Å². The highest BCUT2D eigenvalue weighted by atomic mass is 32.1. The molecule has 1 aromatic heterocycles. The van der Waals surface area contributed by atoms with Gasteiger partial charge in [0.1, 0.15) is 0 Å². The maximum absolute atomic E-state index is 11.7. The first-order valence-electron chi connectivity index (χ1n) is 4.93. The van der Waals surface area contributed by atoms with Crippen LogP contribution in [0.25, 0.3) is 0 Å². The van der Waals surface area contributed by atoms with E-state index in [-0.39, 0.29) is 12.7 Å². The quantitative estimate of drug-likeness (QED) is 0.884. The number of nitrogens with one attached hydrogen (secondary N) is 1. The van der Waals surface area contributed by atoms with E-state index in [0.29, 0.717) is 22.2 Å². The normalized spacial score (nSPS) is 12.5. The average Bonchev–Trinajstić information content (AvgIpc) is 2.99. The lowest BCUT2D eigenvalue weighted by molar-refractivity contribution is 0.102. The van der Waals surface area contributed by atoms with Gasteiger partial charge in [-0.15, -0.1) is 11.3 Å². The maximum atomic E-state index is 11.7. The van der Waals surface area contributed by atoms with Gasteiger partial charge in [-0.05, 0) is 12.1 Å². The highest BCUT2D eigenvalue weighted by molar-refractivity contribution is 7.11. The number of benzene rings is 1. The predicted molar refractivity (Wildman–Crippen MR) is 62.6 cm³/mol. The van der Waals surface area contributed by atoms with Gasteiger partial charge in [-0.2, -0.15) is 0 Å². The molecule has 1 aromatic carbocycles. The van der Waals surface area contributed by atoms with Crippen molar-refractivity contribution in [2.75, 3.05) is 12.1 Å². The number of anilines is 1. The molecule has 0 aliphatic carbocycles. The molecule has 17 heavy (non-hydrogen) atoms. The molecule has 0 saturated carbocycles. The van der Waals surface area contributed by atoms with Crippen LogP contribution >= 0.6 is 11.3 Å². The first-order valence-corrected chi connectivity index (χ1v) is 5.81. The fourth-order valence-corrected chi connectivity index (χ4v) is 2.02. The average molecular weight is 248 g/mol. The number of hydrogen-bond donors (Lipinski definition) is 1. The van der Waals surface area contributed by atoms with Crippen LogP contribution < -0.4 is 14.8 Å². The van der Waals surface area contributed by atoms with Gasteiger partial charge in [0, 0.05) is 23.3 Å². The van der Waals surface area contributed by atoms with Gasteiger partial charge in [0.2, 0.25) is 6.79 Å². The minimum atomic E-state index is -0.223. The van der Waals surface area contributed by atoms with E-state index in [1.807, 2.05) is 0 Å². The van der Waals surface area contributed by atoms with Gasteiger partial charge in [0.15, 0.2) is 16.5 Å². The summed E-state index contributed by atoms with van der Waals surface area (Å²) < 4.78 is 10.4. The van der Waals surface area contributed by atoms with Crippen LogP contribution in [0.5, 0.6) is 11.5 Å². The van der Waals surface area contributed by atoms with Crippen molar-refractivity contribution in [3.63, 3.8) is 0 Å². The first-order chi connectivity index (χ1) is 8.33. The number of hydrogen-bond acceptors (Lipinski definition) is 5. The summed E-state index contributed by atoms with van der Waals surface area (Å²) in [6.07, 6.45) is 1.60. The summed E-state index contributed by atoms with van der Waals surface area (Å²) in [5, 5.41) is 4.94. The molecule has 5 nitrogen and oxygen atoms in total. The predicted octanol–water partition coefficient (Wildman–Crippen LogP) is 2.12. The zero-order valence-corrected chi connectivity index (χ0v) is 9.49. The highest BCUT2D eigenvalue weighted by Gasteiger charge is 2.15. The van der Waals surface area contributed by atoms with Gasteiger partial charge >= 0.3 is 0 Å². The van der Waals surface area contributed by atoms with E-state index in [2.05, 4.69) is 10.3 Å². The van der Waals surface area contributed by atoms with E-state index in [4.69, 9.17) is 9.47 Å². The molecule has 1 aliphatic rings. The highest BCUT2D eigenvalue weighted by Crippen LogP contribution is 2.34. The molecule has 86 valence electrons. The van der Waals surface area contributed by atoms with Crippen molar-refractivity contribution in [3.8, 4) is 11.5 Å². The number of carbonyl (C=O) groups excluding carboxylic acids is 1. The van der Waals surface area contributed by atoms with Crippen LogP contribution in [0.15, 0.2) is 29.8 Å². The summed E-state index contributed by atoms with van der Waals surface area (Å²) in [5.74, 6) is 1.11. The Kier molecular flexibility index (Phi) is 2.41.